The number of thiocarbonyl (C=S) groups is 1. The van der Waals surface area contributed by atoms with E-state index in [4.69, 9.17) is 0 Å². The first kappa shape index (κ1) is 13.8. The minimum absolute atomic E-state index is 0.167. The van der Waals surface area contributed by atoms with E-state index in [1.807, 2.05) is 30.3 Å². The summed E-state index contributed by atoms with van der Waals surface area (Å²) < 4.78 is 0. The van der Waals surface area contributed by atoms with Crippen LogP contribution >= 0.6 is 24.0 Å². The Hall–Kier alpha value is -1.22. The molecule has 1 aromatic carbocycles. The van der Waals surface area contributed by atoms with Crippen LogP contribution in [0.25, 0.3) is 6.08 Å². The van der Waals surface area contributed by atoms with Crippen molar-refractivity contribution >= 4 is 46.0 Å². The Bertz CT molecular complexity index is 445. The topological polar surface area (TPSA) is 29.4 Å². The van der Waals surface area contributed by atoms with Gasteiger partial charge in [-0.25, -0.2) is 0 Å². The predicted molar refractivity (Wildman–Crippen MR) is 77.9 cm³/mol. The molecule has 0 aromatic heterocycles. The van der Waals surface area contributed by atoms with Crippen LogP contribution in [0.4, 0.5) is 5.69 Å². The molecular weight excluding hydrogens is 250 g/mol. The number of rotatable bonds is 5. The van der Waals surface area contributed by atoms with Crippen LogP contribution in [0, 0.1) is 0 Å². The number of isothiocyanates is 1. The molecule has 0 aliphatic carbocycles. The molecule has 0 heterocycles. The fourth-order valence-corrected chi connectivity index (χ4v) is 1.85. The number of nitrogens with zero attached hydrogens (tertiary/aromatic N) is 1. The number of aliphatic imine (C=N–C) groups is 1. The molecule has 2 nitrogen and oxygen atoms in total. The van der Waals surface area contributed by atoms with Crippen LogP contribution in [0.15, 0.2) is 35.3 Å². The van der Waals surface area contributed by atoms with Gasteiger partial charge in [-0.05, 0) is 36.3 Å². The van der Waals surface area contributed by atoms with Crippen LogP contribution in [0.2, 0.25) is 0 Å². The van der Waals surface area contributed by atoms with E-state index in [-0.39, 0.29) is 5.12 Å². The lowest BCUT2D eigenvalue weighted by Gasteiger charge is -1.95. The molecule has 0 spiro atoms. The van der Waals surface area contributed by atoms with Crippen molar-refractivity contribution in [1.29, 1.82) is 0 Å². The van der Waals surface area contributed by atoms with Crippen LogP contribution in [0.3, 0.4) is 0 Å². The van der Waals surface area contributed by atoms with Gasteiger partial charge in [-0.15, -0.1) is 0 Å². The van der Waals surface area contributed by atoms with Crippen LogP contribution < -0.4 is 0 Å². The first-order valence-corrected chi connectivity index (χ1v) is 6.59. The lowest BCUT2D eigenvalue weighted by molar-refractivity contribution is -0.109. The average molecular weight is 263 g/mol. The van der Waals surface area contributed by atoms with E-state index in [0.717, 1.165) is 23.4 Å². The number of hydrogen-bond acceptors (Lipinski definition) is 4. The van der Waals surface area contributed by atoms with Gasteiger partial charge in [0, 0.05) is 12.7 Å². The lowest BCUT2D eigenvalue weighted by atomic mass is 10.2. The molecule has 0 bridgehead atoms. The van der Waals surface area contributed by atoms with Gasteiger partial charge in [0.25, 0.3) is 0 Å². The summed E-state index contributed by atoms with van der Waals surface area (Å²) in [5, 5.41) is 2.50. The highest BCUT2D eigenvalue weighted by Gasteiger charge is 1.92. The normalized spacial score (nSPS) is 10.2. The average Bonchev–Trinajstić information content (AvgIpc) is 2.31. The van der Waals surface area contributed by atoms with Gasteiger partial charge in [0.1, 0.15) is 0 Å². The summed E-state index contributed by atoms with van der Waals surface area (Å²) in [5.41, 5.74) is 1.92. The van der Waals surface area contributed by atoms with Gasteiger partial charge < -0.3 is 0 Å². The van der Waals surface area contributed by atoms with Crippen molar-refractivity contribution in [1.82, 2.24) is 0 Å². The molecule has 0 atom stereocenters. The van der Waals surface area contributed by atoms with Crippen LogP contribution in [0.5, 0.6) is 0 Å². The van der Waals surface area contributed by atoms with Gasteiger partial charge in [-0.2, -0.15) is 4.99 Å². The molecule has 0 radical (unpaired) electrons. The van der Waals surface area contributed by atoms with Gasteiger partial charge in [-0.3, -0.25) is 4.79 Å². The van der Waals surface area contributed by atoms with Crippen molar-refractivity contribution < 1.29 is 4.79 Å². The van der Waals surface area contributed by atoms with Gasteiger partial charge >= 0.3 is 0 Å². The molecule has 0 fully saturated rings. The number of carbonyl (C=O) groups is 1. The van der Waals surface area contributed by atoms with Crippen molar-refractivity contribution in [2.75, 3.05) is 5.75 Å². The summed E-state index contributed by atoms with van der Waals surface area (Å²) in [6.07, 6.45) is 4.99. The molecule has 0 aliphatic rings. The highest BCUT2D eigenvalue weighted by Crippen LogP contribution is 2.13. The maximum Gasteiger partial charge on any atom is 0.185 e. The minimum Gasteiger partial charge on any atom is -0.288 e. The van der Waals surface area contributed by atoms with Crippen LogP contribution in [0.1, 0.15) is 18.9 Å². The van der Waals surface area contributed by atoms with Crippen molar-refractivity contribution in [2.45, 2.75) is 13.3 Å². The van der Waals surface area contributed by atoms with Gasteiger partial charge in [0.15, 0.2) is 5.12 Å². The minimum atomic E-state index is 0.167. The number of benzene rings is 1. The largest absolute Gasteiger partial charge is 0.288 e. The second kappa shape index (κ2) is 7.96. The molecule has 0 saturated heterocycles. The lowest BCUT2D eigenvalue weighted by Crippen LogP contribution is -1.83. The molecule has 0 aliphatic heterocycles. The van der Waals surface area contributed by atoms with E-state index in [2.05, 4.69) is 28.4 Å². The number of hydrogen-bond donors (Lipinski definition) is 0. The highest BCUT2D eigenvalue weighted by atomic mass is 32.2. The predicted octanol–water partition coefficient (Wildman–Crippen LogP) is 4.10. The molecule has 0 saturated carbocycles. The summed E-state index contributed by atoms with van der Waals surface area (Å²) >= 11 is 5.88. The molecule has 1 aromatic rings. The summed E-state index contributed by atoms with van der Waals surface area (Å²) in [6.45, 7) is 1.59. The summed E-state index contributed by atoms with van der Waals surface area (Å²) in [7, 11) is 0. The zero-order valence-electron chi connectivity index (χ0n) is 9.55. The number of carbonyl (C=O) groups excluding carboxylic acids is 1. The SMILES string of the molecule is CC(=O)SCCC=Cc1ccc(N=C=S)cc1. The first-order chi connectivity index (χ1) is 8.22. The van der Waals surface area contributed by atoms with Crippen LogP contribution in [-0.4, -0.2) is 16.0 Å². The van der Waals surface area contributed by atoms with Gasteiger partial charge in [-0.1, -0.05) is 36.0 Å². The second-order valence-electron chi connectivity index (χ2n) is 3.33. The highest BCUT2D eigenvalue weighted by molar-refractivity contribution is 8.13. The molecule has 4 heteroatoms. The molecule has 17 heavy (non-hydrogen) atoms. The quantitative estimate of drug-likeness (QED) is 0.455. The number of allylic oxidation sites excluding steroid dienone is 1. The molecule has 88 valence electrons. The zero-order valence-corrected chi connectivity index (χ0v) is 11.2. The standard InChI is InChI=1S/C13H13NOS2/c1-11(15)17-9-3-2-4-12-5-7-13(8-6-12)14-10-16/h2,4-8H,3,9H2,1H3. The van der Waals surface area contributed by atoms with E-state index in [0.29, 0.717) is 0 Å². The monoisotopic (exact) mass is 263 g/mol. The van der Waals surface area contributed by atoms with Crippen molar-refractivity contribution in [3.63, 3.8) is 0 Å². The summed E-state index contributed by atoms with van der Waals surface area (Å²) in [6, 6.07) is 7.73. The smallest absolute Gasteiger partial charge is 0.185 e. The van der Waals surface area contributed by atoms with Gasteiger partial charge in [0.2, 0.25) is 0 Å². The van der Waals surface area contributed by atoms with E-state index in [1.54, 1.807) is 6.92 Å². The van der Waals surface area contributed by atoms with E-state index in [1.165, 1.54) is 11.8 Å². The Balaban J connectivity index is 2.43. The van der Waals surface area contributed by atoms with E-state index >= 15 is 0 Å². The van der Waals surface area contributed by atoms with Crippen molar-refractivity contribution in [3.05, 3.63) is 35.9 Å². The second-order valence-corrected chi connectivity index (χ2v) is 4.78. The Labute approximate surface area is 111 Å². The van der Waals surface area contributed by atoms with Gasteiger partial charge in [0.05, 0.1) is 10.8 Å². The fraction of sp³-hybridized carbons (Fsp3) is 0.231. The molecule has 0 amide bonds. The molecule has 0 unspecified atom stereocenters. The Morgan fingerprint density at radius 1 is 1.47 bits per heavy atom. The van der Waals surface area contributed by atoms with E-state index in [9.17, 15) is 4.79 Å². The maximum atomic E-state index is 10.7. The van der Waals surface area contributed by atoms with Crippen molar-refractivity contribution in [3.8, 4) is 0 Å². The van der Waals surface area contributed by atoms with E-state index < -0.39 is 0 Å². The molecule has 0 N–H and O–H groups in total. The maximum absolute atomic E-state index is 10.7. The Morgan fingerprint density at radius 3 is 2.76 bits per heavy atom. The number of thioether (sulfide) groups is 1. The fourth-order valence-electron chi connectivity index (χ4n) is 1.20. The zero-order chi connectivity index (χ0) is 12.5. The van der Waals surface area contributed by atoms with Crippen LogP contribution in [-0.2, 0) is 4.79 Å². The third-order valence-electron chi connectivity index (χ3n) is 1.97. The Kier molecular flexibility index (Phi) is 6.48. The molecule has 1 rings (SSSR count). The summed E-state index contributed by atoms with van der Waals surface area (Å²) in [5.74, 6) is 0.832. The Morgan fingerprint density at radius 2 is 2.18 bits per heavy atom. The third-order valence-corrected chi connectivity index (χ3v) is 2.91. The summed E-state index contributed by atoms with van der Waals surface area (Å²) in [4.78, 5) is 14.6. The first-order valence-electron chi connectivity index (χ1n) is 5.20. The third kappa shape index (κ3) is 6.17. The molecular formula is C13H13NOS2. The van der Waals surface area contributed by atoms with Crippen molar-refractivity contribution in [2.24, 2.45) is 4.99 Å².